The molecule has 0 aromatic heterocycles. The predicted octanol–water partition coefficient (Wildman–Crippen LogP) is 1.90. The van der Waals surface area contributed by atoms with Gasteiger partial charge in [0.1, 0.15) is 5.54 Å². The van der Waals surface area contributed by atoms with Gasteiger partial charge in [-0.2, -0.15) is 0 Å². The highest BCUT2D eigenvalue weighted by Gasteiger charge is 2.39. The standard InChI is InChI=1S/C16H18N2O/c1-17-15(19)16(18-2,13-9-5-3-6-10-13)14-11-7-4-8-12-14/h3-12,18H,1-2H3,(H,17,19). The van der Waals surface area contributed by atoms with Gasteiger partial charge in [0.15, 0.2) is 0 Å². The topological polar surface area (TPSA) is 41.1 Å². The van der Waals surface area contributed by atoms with E-state index in [1.165, 1.54) is 0 Å². The van der Waals surface area contributed by atoms with Crippen molar-refractivity contribution in [2.45, 2.75) is 5.54 Å². The van der Waals surface area contributed by atoms with Gasteiger partial charge in [0, 0.05) is 7.05 Å². The smallest absolute Gasteiger partial charge is 0.249 e. The Morgan fingerprint density at radius 1 is 0.842 bits per heavy atom. The molecule has 0 aliphatic rings. The molecule has 3 heteroatoms. The third-order valence-corrected chi connectivity index (χ3v) is 3.36. The maximum Gasteiger partial charge on any atom is 0.249 e. The lowest BCUT2D eigenvalue weighted by molar-refractivity contribution is -0.125. The molecule has 2 aromatic rings. The van der Waals surface area contributed by atoms with Crippen LogP contribution in [0.5, 0.6) is 0 Å². The third kappa shape index (κ3) is 2.25. The molecule has 0 unspecified atom stereocenters. The molecule has 0 heterocycles. The fraction of sp³-hybridized carbons (Fsp3) is 0.188. The second-order valence-corrected chi connectivity index (χ2v) is 4.31. The summed E-state index contributed by atoms with van der Waals surface area (Å²) in [7, 11) is 3.45. The fourth-order valence-corrected chi connectivity index (χ4v) is 2.39. The minimum atomic E-state index is -0.864. The highest BCUT2D eigenvalue weighted by atomic mass is 16.2. The minimum Gasteiger partial charge on any atom is -0.357 e. The number of carbonyl (C=O) groups is 1. The Hall–Kier alpha value is -2.13. The number of nitrogens with one attached hydrogen (secondary N) is 2. The fourth-order valence-electron chi connectivity index (χ4n) is 2.39. The van der Waals surface area contributed by atoms with Gasteiger partial charge in [-0.05, 0) is 18.2 Å². The van der Waals surface area contributed by atoms with E-state index >= 15 is 0 Å². The molecule has 0 bridgehead atoms. The molecule has 0 saturated heterocycles. The van der Waals surface area contributed by atoms with Gasteiger partial charge >= 0.3 is 0 Å². The second-order valence-electron chi connectivity index (χ2n) is 4.31. The zero-order valence-corrected chi connectivity index (χ0v) is 11.2. The van der Waals surface area contributed by atoms with Crippen molar-refractivity contribution in [3.63, 3.8) is 0 Å². The van der Waals surface area contributed by atoms with Gasteiger partial charge in [0.25, 0.3) is 0 Å². The van der Waals surface area contributed by atoms with E-state index in [1.54, 1.807) is 14.1 Å². The van der Waals surface area contributed by atoms with Crippen LogP contribution in [-0.2, 0) is 10.3 Å². The predicted molar refractivity (Wildman–Crippen MR) is 76.8 cm³/mol. The van der Waals surface area contributed by atoms with E-state index < -0.39 is 5.54 Å². The van der Waals surface area contributed by atoms with Crippen LogP contribution in [0.1, 0.15) is 11.1 Å². The van der Waals surface area contributed by atoms with E-state index in [1.807, 2.05) is 60.7 Å². The van der Waals surface area contributed by atoms with E-state index in [2.05, 4.69) is 10.6 Å². The summed E-state index contributed by atoms with van der Waals surface area (Å²) in [5.74, 6) is -0.0765. The molecule has 2 N–H and O–H groups in total. The molecule has 0 fully saturated rings. The molecule has 0 radical (unpaired) electrons. The summed E-state index contributed by atoms with van der Waals surface area (Å²) in [6.07, 6.45) is 0. The summed E-state index contributed by atoms with van der Waals surface area (Å²) < 4.78 is 0. The summed E-state index contributed by atoms with van der Waals surface area (Å²) in [4.78, 5) is 12.5. The minimum absolute atomic E-state index is 0.0765. The van der Waals surface area contributed by atoms with E-state index in [4.69, 9.17) is 0 Å². The number of hydrogen-bond donors (Lipinski definition) is 2. The van der Waals surface area contributed by atoms with Crippen LogP contribution < -0.4 is 10.6 Å². The van der Waals surface area contributed by atoms with Crippen molar-refractivity contribution in [1.82, 2.24) is 10.6 Å². The highest BCUT2D eigenvalue weighted by Crippen LogP contribution is 2.29. The third-order valence-electron chi connectivity index (χ3n) is 3.36. The molecule has 19 heavy (non-hydrogen) atoms. The van der Waals surface area contributed by atoms with Gasteiger partial charge in [-0.15, -0.1) is 0 Å². The Morgan fingerprint density at radius 3 is 1.58 bits per heavy atom. The Morgan fingerprint density at radius 2 is 1.26 bits per heavy atom. The van der Waals surface area contributed by atoms with E-state index in [0.717, 1.165) is 11.1 Å². The number of likely N-dealkylation sites (N-methyl/N-ethyl adjacent to an activating group) is 2. The molecule has 0 saturated carbocycles. The van der Waals surface area contributed by atoms with Gasteiger partial charge in [0.05, 0.1) is 0 Å². The average Bonchev–Trinajstić information content (AvgIpc) is 2.50. The summed E-state index contributed by atoms with van der Waals surface area (Å²) in [5.41, 5.74) is 0.975. The lowest BCUT2D eigenvalue weighted by atomic mass is 9.82. The zero-order chi connectivity index (χ0) is 13.7. The maximum absolute atomic E-state index is 12.5. The lowest BCUT2D eigenvalue weighted by Crippen LogP contribution is -2.53. The molecule has 0 atom stereocenters. The molecule has 1 amide bonds. The number of amides is 1. The average molecular weight is 254 g/mol. The normalized spacial score (nSPS) is 11.1. The number of rotatable bonds is 4. The quantitative estimate of drug-likeness (QED) is 0.875. The molecule has 0 aliphatic heterocycles. The first-order chi connectivity index (χ1) is 9.25. The van der Waals surface area contributed by atoms with Crippen molar-refractivity contribution in [2.75, 3.05) is 14.1 Å². The Labute approximate surface area is 113 Å². The number of hydrogen-bond acceptors (Lipinski definition) is 2. The van der Waals surface area contributed by atoms with Crippen molar-refractivity contribution in [3.05, 3.63) is 71.8 Å². The summed E-state index contributed by atoms with van der Waals surface area (Å²) in [5, 5.41) is 5.94. The maximum atomic E-state index is 12.5. The van der Waals surface area contributed by atoms with Crippen LogP contribution >= 0.6 is 0 Å². The monoisotopic (exact) mass is 254 g/mol. The van der Waals surface area contributed by atoms with Crippen LogP contribution in [0, 0.1) is 0 Å². The molecular weight excluding hydrogens is 236 g/mol. The largest absolute Gasteiger partial charge is 0.357 e. The van der Waals surface area contributed by atoms with E-state index in [0.29, 0.717) is 0 Å². The van der Waals surface area contributed by atoms with Crippen LogP contribution in [-0.4, -0.2) is 20.0 Å². The molecule has 3 nitrogen and oxygen atoms in total. The van der Waals surface area contributed by atoms with Gasteiger partial charge in [-0.3, -0.25) is 10.1 Å². The van der Waals surface area contributed by atoms with E-state index in [-0.39, 0.29) is 5.91 Å². The van der Waals surface area contributed by atoms with Crippen molar-refractivity contribution in [3.8, 4) is 0 Å². The molecular formula is C16H18N2O. The molecule has 0 aliphatic carbocycles. The molecule has 2 rings (SSSR count). The van der Waals surface area contributed by atoms with Gasteiger partial charge in [0.2, 0.25) is 5.91 Å². The SMILES string of the molecule is CNC(=O)C(NC)(c1ccccc1)c1ccccc1. The molecule has 98 valence electrons. The Kier molecular flexibility index (Phi) is 3.97. The molecule has 2 aromatic carbocycles. The van der Waals surface area contributed by atoms with Crippen LogP contribution in [0.25, 0.3) is 0 Å². The van der Waals surface area contributed by atoms with Gasteiger partial charge in [-0.1, -0.05) is 60.7 Å². The lowest BCUT2D eigenvalue weighted by Gasteiger charge is -2.32. The van der Waals surface area contributed by atoms with E-state index in [9.17, 15) is 4.79 Å². The summed E-state index contributed by atoms with van der Waals surface area (Å²) >= 11 is 0. The first kappa shape index (κ1) is 13.3. The van der Waals surface area contributed by atoms with Gasteiger partial charge in [-0.25, -0.2) is 0 Å². The van der Waals surface area contributed by atoms with Gasteiger partial charge < -0.3 is 5.32 Å². The first-order valence-corrected chi connectivity index (χ1v) is 6.28. The Bertz CT molecular complexity index is 498. The van der Waals surface area contributed by atoms with Crippen LogP contribution in [0.3, 0.4) is 0 Å². The number of benzene rings is 2. The first-order valence-electron chi connectivity index (χ1n) is 6.28. The van der Waals surface area contributed by atoms with Crippen LogP contribution in [0.4, 0.5) is 0 Å². The molecule has 0 spiro atoms. The zero-order valence-electron chi connectivity index (χ0n) is 11.2. The second kappa shape index (κ2) is 5.67. The highest BCUT2D eigenvalue weighted by molar-refractivity contribution is 5.91. The van der Waals surface area contributed by atoms with Crippen molar-refractivity contribution in [1.29, 1.82) is 0 Å². The summed E-state index contributed by atoms with van der Waals surface area (Å²) in [6, 6.07) is 19.5. The summed E-state index contributed by atoms with van der Waals surface area (Å²) in [6.45, 7) is 0. The van der Waals surface area contributed by atoms with Crippen molar-refractivity contribution in [2.24, 2.45) is 0 Å². The van der Waals surface area contributed by atoms with Crippen LogP contribution in [0.15, 0.2) is 60.7 Å². The van der Waals surface area contributed by atoms with Crippen molar-refractivity contribution >= 4 is 5.91 Å². The van der Waals surface area contributed by atoms with Crippen molar-refractivity contribution < 1.29 is 4.79 Å². The number of carbonyl (C=O) groups excluding carboxylic acids is 1. The Balaban J connectivity index is 2.66. The van der Waals surface area contributed by atoms with Crippen LogP contribution in [0.2, 0.25) is 0 Å².